The molecular formula is C17H17FN2O. The Hall–Kier alpha value is -2.38. The summed E-state index contributed by atoms with van der Waals surface area (Å²) >= 11 is 0. The SMILES string of the molecule is C[C@@H](NCc1ccccc1OCC#N)c1ccccc1F. The van der Waals surface area contributed by atoms with Gasteiger partial charge in [0.05, 0.1) is 0 Å². The Kier molecular flexibility index (Phi) is 5.30. The molecule has 2 rings (SSSR count). The fraction of sp³-hybridized carbons (Fsp3) is 0.235. The smallest absolute Gasteiger partial charge is 0.174 e. The summed E-state index contributed by atoms with van der Waals surface area (Å²) in [5.41, 5.74) is 1.57. The van der Waals surface area contributed by atoms with Crippen molar-refractivity contribution in [1.82, 2.24) is 5.32 Å². The molecule has 2 aromatic rings. The average molecular weight is 284 g/mol. The minimum atomic E-state index is -0.216. The van der Waals surface area contributed by atoms with Crippen LogP contribution in [0.5, 0.6) is 5.75 Å². The molecule has 1 atom stereocenters. The Bertz CT molecular complexity index is 637. The van der Waals surface area contributed by atoms with Crippen molar-refractivity contribution in [3.05, 3.63) is 65.5 Å². The molecule has 3 nitrogen and oxygen atoms in total. The summed E-state index contributed by atoms with van der Waals surface area (Å²) in [4.78, 5) is 0. The molecular weight excluding hydrogens is 267 g/mol. The van der Waals surface area contributed by atoms with Crippen LogP contribution in [0.25, 0.3) is 0 Å². The molecule has 1 N–H and O–H groups in total. The molecule has 0 aliphatic rings. The molecule has 0 aromatic heterocycles. The number of rotatable bonds is 6. The van der Waals surface area contributed by atoms with E-state index in [1.165, 1.54) is 6.07 Å². The van der Waals surface area contributed by atoms with Gasteiger partial charge in [-0.3, -0.25) is 0 Å². The third kappa shape index (κ3) is 4.04. The molecule has 0 aliphatic carbocycles. The lowest BCUT2D eigenvalue weighted by Gasteiger charge is -2.16. The Labute approximate surface area is 124 Å². The number of para-hydroxylation sites is 1. The molecule has 0 saturated heterocycles. The fourth-order valence-electron chi connectivity index (χ4n) is 2.10. The molecule has 0 aliphatic heterocycles. The van der Waals surface area contributed by atoms with E-state index in [4.69, 9.17) is 10.00 Å². The Morgan fingerprint density at radius 3 is 2.67 bits per heavy atom. The Morgan fingerprint density at radius 2 is 1.90 bits per heavy atom. The van der Waals surface area contributed by atoms with Crippen LogP contribution < -0.4 is 10.1 Å². The van der Waals surface area contributed by atoms with Crippen LogP contribution in [0.1, 0.15) is 24.1 Å². The summed E-state index contributed by atoms with van der Waals surface area (Å²) in [6, 6.07) is 16.1. The Balaban J connectivity index is 2.03. The van der Waals surface area contributed by atoms with E-state index in [1.54, 1.807) is 12.1 Å². The second kappa shape index (κ2) is 7.41. The first-order chi connectivity index (χ1) is 10.2. The molecule has 0 bridgehead atoms. The van der Waals surface area contributed by atoms with E-state index in [9.17, 15) is 4.39 Å². The van der Waals surface area contributed by atoms with Crippen LogP contribution in [-0.2, 0) is 6.54 Å². The van der Waals surface area contributed by atoms with E-state index in [0.29, 0.717) is 17.9 Å². The molecule has 108 valence electrons. The topological polar surface area (TPSA) is 45.0 Å². The summed E-state index contributed by atoms with van der Waals surface area (Å²) in [5.74, 6) is 0.457. The van der Waals surface area contributed by atoms with Gasteiger partial charge in [-0.15, -0.1) is 0 Å². The molecule has 0 fully saturated rings. The number of nitriles is 1. The van der Waals surface area contributed by atoms with Crippen LogP contribution in [0.2, 0.25) is 0 Å². The van der Waals surface area contributed by atoms with Crippen molar-refractivity contribution in [1.29, 1.82) is 5.26 Å². The van der Waals surface area contributed by atoms with Gasteiger partial charge in [-0.1, -0.05) is 36.4 Å². The molecule has 0 heterocycles. The van der Waals surface area contributed by atoms with Crippen molar-refractivity contribution in [2.24, 2.45) is 0 Å². The molecule has 0 spiro atoms. The van der Waals surface area contributed by atoms with Crippen molar-refractivity contribution in [3.63, 3.8) is 0 Å². The van der Waals surface area contributed by atoms with Gasteiger partial charge < -0.3 is 10.1 Å². The summed E-state index contributed by atoms with van der Waals surface area (Å²) < 4.78 is 19.1. The van der Waals surface area contributed by atoms with E-state index in [1.807, 2.05) is 43.3 Å². The van der Waals surface area contributed by atoms with Gasteiger partial charge in [-0.05, 0) is 19.1 Å². The highest BCUT2D eigenvalue weighted by Gasteiger charge is 2.10. The van der Waals surface area contributed by atoms with Crippen LogP contribution in [0.15, 0.2) is 48.5 Å². The maximum Gasteiger partial charge on any atom is 0.174 e. The van der Waals surface area contributed by atoms with Crippen molar-refractivity contribution in [2.75, 3.05) is 6.61 Å². The minimum Gasteiger partial charge on any atom is -0.478 e. The predicted octanol–water partition coefficient (Wildman–Crippen LogP) is 3.58. The number of benzene rings is 2. The third-order valence-corrected chi connectivity index (χ3v) is 3.24. The van der Waals surface area contributed by atoms with Crippen LogP contribution in [0, 0.1) is 17.1 Å². The first kappa shape index (κ1) is 15.0. The number of nitrogens with zero attached hydrogens (tertiary/aromatic N) is 1. The minimum absolute atomic E-state index is 0.0138. The zero-order valence-corrected chi connectivity index (χ0v) is 11.8. The van der Waals surface area contributed by atoms with E-state index < -0.39 is 0 Å². The molecule has 21 heavy (non-hydrogen) atoms. The molecule has 0 unspecified atom stereocenters. The normalized spacial score (nSPS) is 11.7. The van der Waals surface area contributed by atoms with Crippen LogP contribution in [0.4, 0.5) is 4.39 Å². The van der Waals surface area contributed by atoms with E-state index in [-0.39, 0.29) is 18.5 Å². The van der Waals surface area contributed by atoms with Crippen LogP contribution >= 0.6 is 0 Å². The van der Waals surface area contributed by atoms with Gasteiger partial charge >= 0.3 is 0 Å². The van der Waals surface area contributed by atoms with Crippen molar-refractivity contribution in [3.8, 4) is 11.8 Å². The largest absolute Gasteiger partial charge is 0.478 e. The van der Waals surface area contributed by atoms with Crippen molar-refractivity contribution < 1.29 is 9.13 Å². The zero-order chi connectivity index (χ0) is 15.1. The summed E-state index contributed by atoms with van der Waals surface area (Å²) in [5, 5.41) is 11.9. The number of hydrogen-bond acceptors (Lipinski definition) is 3. The van der Waals surface area contributed by atoms with Gasteiger partial charge in [0.25, 0.3) is 0 Å². The maximum absolute atomic E-state index is 13.7. The molecule has 2 aromatic carbocycles. The lowest BCUT2D eigenvalue weighted by atomic mass is 10.1. The molecule has 0 radical (unpaired) electrons. The molecule has 0 amide bonds. The quantitative estimate of drug-likeness (QED) is 0.882. The second-order valence-corrected chi connectivity index (χ2v) is 4.68. The van der Waals surface area contributed by atoms with E-state index in [2.05, 4.69) is 5.32 Å². The highest BCUT2D eigenvalue weighted by atomic mass is 19.1. The summed E-state index contributed by atoms with van der Waals surface area (Å²) in [7, 11) is 0. The summed E-state index contributed by atoms with van der Waals surface area (Å²) in [6.45, 7) is 2.47. The van der Waals surface area contributed by atoms with Gasteiger partial charge in [-0.25, -0.2) is 4.39 Å². The number of halogens is 1. The van der Waals surface area contributed by atoms with Crippen molar-refractivity contribution in [2.45, 2.75) is 19.5 Å². The zero-order valence-electron chi connectivity index (χ0n) is 11.8. The van der Waals surface area contributed by atoms with Gasteiger partial charge in [0.2, 0.25) is 0 Å². The first-order valence-corrected chi connectivity index (χ1v) is 6.78. The van der Waals surface area contributed by atoms with E-state index >= 15 is 0 Å². The van der Waals surface area contributed by atoms with Crippen LogP contribution in [-0.4, -0.2) is 6.61 Å². The van der Waals surface area contributed by atoms with Gasteiger partial charge in [0, 0.05) is 23.7 Å². The Morgan fingerprint density at radius 1 is 1.19 bits per heavy atom. The summed E-state index contributed by atoms with van der Waals surface area (Å²) in [6.07, 6.45) is 0. The lowest BCUT2D eigenvalue weighted by Crippen LogP contribution is -2.19. The maximum atomic E-state index is 13.7. The monoisotopic (exact) mass is 284 g/mol. The van der Waals surface area contributed by atoms with Crippen LogP contribution in [0.3, 0.4) is 0 Å². The van der Waals surface area contributed by atoms with Gasteiger partial charge in [0.15, 0.2) is 6.61 Å². The number of hydrogen-bond donors (Lipinski definition) is 1. The average Bonchev–Trinajstić information content (AvgIpc) is 2.52. The fourth-order valence-corrected chi connectivity index (χ4v) is 2.10. The first-order valence-electron chi connectivity index (χ1n) is 6.78. The third-order valence-electron chi connectivity index (χ3n) is 3.24. The van der Waals surface area contributed by atoms with Gasteiger partial charge in [0.1, 0.15) is 17.6 Å². The van der Waals surface area contributed by atoms with Crippen molar-refractivity contribution >= 4 is 0 Å². The highest BCUT2D eigenvalue weighted by molar-refractivity contribution is 5.33. The lowest BCUT2D eigenvalue weighted by molar-refractivity contribution is 0.361. The highest BCUT2D eigenvalue weighted by Crippen LogP contribution is 2.20. The molecule has 0 saturated carbocycles. The number of ether oxygens (including phenoxy) is 1. The predicted molar refractivity (Wildman–Crippen MR) is 79.2 cm³/mol. The second-order valence-electron chi connectivity index (χ2n) is 4.68. The van der Waals surface area contributed by atoms with E-state index in [0.717, 1.165) is 5.56 Å². The molecule has 4 heteroatoms. The van der Waals surface area contributed by atoms with Gasteiger partial charge in [-0.2, -0.15) is 5.26 Å². The standard InChI is InChI=1S/C17H17FN2O/c1-13(15-7-3-4-8-16(15)18)20-12-14-6-2-5-9-17(14)21-11-10-19/h2-9,13,20H,11-12H2,1H3/t13-/m1/s1. The number of nitrogens with one attached hydrogen (secondary N) is 1.